The van der Waals surface area contributed by atoms with Crippen LogP contribution in [0.4, 0.5) is 0 Å². The fourth-order valence-corrected chi connectivity index (χ4v) is 1.97. The largest absolute Gasteiger partial charge is 0.494 e. The molecule has 0 aliphatic carbocycles. The molecule has 0 aliphatic heterocycles. The fraction of sp³-hybridized carbons (Fsp3) is 0.611. The van der Waals surface area contributed by atoms with Crippen LogP contribution in [-0.4, -0.2) is 18.5 Å². The van der Waals surface area contributed by atoms with Gasteiger partial charge in [-0.1, -0.05) is 39.0 Å². The van der Waals surface area contributed by atoms with E-state index >= 15 is 0 Å². The third-order valence-electron chi connectivity index (χ3n) is 3.48. The van der Waals surface area contributed by atoms with Crippen molar-refractivity contribution < 1.29 is 14.3 Å². The van der Waals surface area contributed by atoms with E-state index in [1.807, 2.05) is 24.3 Å². The first-order chi connectivity index (χ1) is 10.1. The van der Waals surface area contributed by atoms with Crippen LogP contribution in [0.3, 0.4) is 0 Å². The number of ketones is 1. The Hall–Kier alpha value is -1.51. The molecule has 0 heterocycles. The van der Waals surface area contributed by atoms with Crippen molar-refractivity contribution in [1.29, 1.82) is 0 Å². The predicted molar refractivity (Wildman–Crippen MR) is 86.1 cm³/mol. The zero-order chi connectivity index (χ0) is 15.5. The minimum Gasteiger partial charge on any atom is -0.494 e. The number of carbonyl (C=O) groups is 1. The standard InChI is InChI=1S/C18H28O3/c1-4-5-6-7-8-9-14-20-17-10-12-18(13-11-17)21-16(3)15(2)19/h10-13,16H,4-9,14H2,1-3H3. The molecule has 1 unspecified atom stereocenters. The molecule has 0 bridgehead atoms. The topological polar surface area (TPSA) is 35.5 Å². The van der Waals surface area contributed by atoms with Gasteiger partial charge in [0.2, 0.25) is 0 Å². The maximum atomic E-state index is 11.1. The summed E-state index contributed by atoms with van der Waals surface area (Å²) in [5.74, 6) is 1.58. The van der Waals surface area contributed by atoms with E-state index in [9.17, 15) is 4.79 Å². The Morgan fingerprint density at radius 1 is 1.00 bits per heavy atom. The molecule has 0 aromatic heterocycles. The van der Waals surface area contributed by atoms with E-state index in [1.54, 1.807) is 6.92 Å². The Bertz CT molecular complexity index is 397. The molecule has 1 aromatic carbocycles. The Morgan fingerprint density at radius 2 is 1.57 bits per heavy atom. The summed E-state index contributed by atoms with van der Waals surface area (Å²) in [6.07, 6.45) is 7.18. The highest BCUT2D eigenvalue weighted by Gasteiger charge is 2.08. The summed E-state index contributed by atoms with van der Waals surface area (Å²) in [6.45, 7) is 6.28. The molecule has 0 fully saturated rings. The van der Waals surface area contributed by atoms with Gasteiger partial charge in [-0.25, -0.2) is 0 Å². The monoisotopic (exact) mass is 292 g/mol. The first kappa shape index (κ1) is 17.5. The fourth-order valence-electron chi connectivity index (χ4n) is 1.97. The molecule has 118 valence electrons. The number of rotatable bonds is 11. The van der Waals surface area contributed by atoms with Gasteiger partial charge < -0.3 is 9.47 Å². The SMILES string of the molecule is CCCCCCCCOc1ccc(OC(C)C(C)=O)cc1. The molecule has 3 nitrogen and oxygen atoms in total. The van der Waals surface area contributed by atoms with E-state index < -0.39 is 6.10 Å². The molecule has 0 amide bonds. The zero-order valence-electron chi connectivity index (χ0n) is 13.6. The average molecular weight is 292 g/mol. The second kappa shape index (κ2) is 10.3. The molecule has 1 atom stereocenters. The molecule has 1 aromatic rings. The summed E-state index contributed by atoms with van der Waals surface area (Å²) < 4.78 is 11.2. The van der Waals surface area contributed by atoms with E-state index in [0.29, 0.717) is 5.75 Å². The molecule has 0 saturated carbocycles. The maximum absolute atomic E-state index is 11.1. The summed E-state index contributed by atoms with van der Waals surface area (Å²) >= 11 is 0. The lowest BCUT2D eigenvalue weighted by atomic mass is 10.1. The normalized spacial score (nSPS) is 12.0. The predicted octanol–water partition coefficient (Wildman–Crippen LogP) is 4.78. The number of Topliss-reactive ketones (excluding diaryl/α,β-unsaturated/α-hetero) is 1. The van der Waals surface area contributed by atoms with Crippen molar-refractivity contribution in [3.63, 3.8) is 0 Å². The Morgan fingerprint density at radius 3 is 2.19 bits per heavy atom. The average Bonchev–Trinajstić information content (AvgIpc) is 2.48. The van der Waals surface area contributed by atoms with Gasteiger partial charge in [-0.3, -0.25) is 4.79 Å². The summed E-state index contributed by atoms with van der Waals surface area (Å²) in [4.78, 5) is 11.1. The van der Waals surface area contributed by atoms with Gasteiger partial charge in [0.05, 0.1) is 6.61 Å². The number of ether oxygens (including phenoxy) is 2. The van der Waals surface area contributed by atoms with Crippen molar-refractivity contribution in [2.75, 3.05) is 6.61 Å². The molecule has 0 saturated heterocycles. The third-order valence-corrected chi connectivity index (χ3v) is 3.48. The third kappa shape index (κ3) is 7.74. The minimum atomic E-state index is -0.403. The number of carbonyl (C=O) groups excluding carboxylic acids is 1. The van der Waals surface area contributed by atoms with Gasteiger partial charge in [0.25, 0.3) is 0 Å². The first-order valence-corrected chi connectivity index (χ1v) is 8.03. The van der Waals surface area contributed by atoms with Crippen LogP contribution in [0.5, 0.6) is 11.5 Å². The van der Waals surface area contributed by atoms with Crippen LogP contribution in [0, 0.1) is 0 Å². The van der Waals surface area contributed by atoms with E-state index in [-0.39, 0.29) is 5.78 Å². The smallest absolute Gasteiger partial charge is 0.169 e. The second-order valence-electron chi connectivity index (χ2n) is 5.46. The number of hydrogen-bond acceptors (Lipinski definition) is 3. The zero-order valence-corrected chi connectivity index (χ0v) is 13.6. The van der Waals surface area contributed by atoms with Gasteiger partial charge in [-0.15, -0.1) is 0 Å². The van der Waals surface area contributed by atoms with Crippen molar-refractivity contribution in [2.24, 2.45) is 0 Å². The van der Waals surface area contributed by atoms with Crippen LogP contribution in [0.2, 0.25) is 0 Å². The van der Waals surface area contributed by atoms with Crippen LogP contribution in [0.25, 0.3) is 0 Å². The Labute approximate surface area is 128 Å². The minimum absolute atomic E-state index is 0.0263. The van der Waals surface area contributed by atoms with Crippen molar-refractivity contribution in [3.8, 4) is 11.5 Å². The van der Waals surface area contributed by atoms with Crippen molar-refractivity contribution in [3.05, 3.63) is 24.3 Å². The van der Waals surface area contributed by atoms with Gasteiger partial charge >= 0.3 is 0 Å². The van der Waals surface area contributed by atoms with E-state index in [4.69, 9.17) is 9.47 Å². The lowest BCUT2D eigenvalue weighted by Gasteiger charge is -2.12. The van der Waals surface area contributed by atoms with Crippen molar-refractivity contribution in [1.82, 2.24) is 0 Å². The van der Waals surface area contributed by atoms with Crippen LogP contribution < -0.4 is 9.47 Å². The second-order valence-corrected chi connectivity index (χ2v) is 5.46. The molecule has 21 heavy (non-hydrogen) atoms. The van der Waals surface area contributed by atoms with Gasteiger partial charge in [-0.2, -0.15) is 0 Å². The van der Waals surface area contributed by atoms with E-state index in [2.05, 4.69) is 6.92 Å². The summed E-state index contributed by atoms with van der Waals surface area (Å²) in [6, 6.07) is 7.46. The lowest BCUT2D eigenvalue weighted by Crippen LogP contribution is -2.20. The first-order valence-electron chi connectivity index (χ1n) is 8.03. The highest BCUT2D eigenvalue weighted by atomic mass is 16.5. The van der Waals surface area contributed by atoms with Crippen LogP contribution in [0.15, 0.2) is 24.3 Å². The molecule has 0 spiro atoms. The van der Waals surface area contributed by atoms with Crippen LogP contribution in [-0.2, 0) is 4.79 Å². The molecule has 0 radical (unpaired) electrons. The maximum Gasteiger partial charge on any atom is 0.169 e. The molecular formula is C18H28O3. The van der Waals surface area contributed by atoms with E-state index in [0.717, 1.165) is 18.8 Å². The molecular weight excluding hydrogens is 264 g/mol. The number of unbranched alkanes of at least 4 members (excludes halogenated alkanes) is 5. The van der Waals surface area contributed by atoms with E-state index in [1.165, 1.54) is 39.0 Å². The quantitative estimate of drug-likeness (QED) is 0.550. The Kier molecular flexibility index (Phi) is 8.56. The highest BCUT2D eigenvalue weighted by molar-refractivity contribution is 5.80. The van der Waals surface area contributed by atoms with Gasteiger partial charge in [0, 0.05) is 0 Å². The van der Waals surface area contributed by atoms with Gasteiger partial charge in [0.1, 0.15) is 11.5 Å². The summed E-state index contributed by atoms with van der Waals surface area (Å²) in [7, 11) is 0. The number of benzene rings is 1. The van der Waals surface area contributed by atoms with Crippen LogP contribution in [0.1, 0.15) is 59.3 Å². The van der Waals surface area contributed by atoms with Crippen molar-refractivity contribution >= 4 is 5.78 Å². The Balaban J connectivity index is 2.20. The summed E-state index contributed by atoms with van der Waals surface area (Å²) in [5.41, 5.74) is 0. The molecule has 3 heteroatoms. The van der Waals surface area contributed by atoms with Gasteiger partial charge in [0.15, 0.2) is 11.9 Å². The highest BCUT2D eigenvalue weighted by Crippen LogP contribution is 2.19. The van der Waals surface area contributed by atoms with Gasteiger partial charge in [-0.05, 0) is 44.5 Å². The molecule has 1 rings (SSSR count). The lowest BCUT2D eigenvalue weighted by molar-refractivity contribution is -0.122. The number of hydrogen-bond donors (Lipinski definition) is 0. The molecule has 0 N–H and O–H groups in total. The van der Waals surface area contributed by atoms with Crippen molar-refractivity contribution in [2.45, 2.75) is 65.4 Å². The summed E-state index contributed by atoms with van der Waals surface area (Å²) in [5, 5.41) is 0. The molecule has 0 aliphatic rings. The van der Waals surface area contributed by atoms with Crippen LogP contribution >= 0.6 is 0 Å².